The Labute approximate surface area is 333 Å². The van der Waals surface area contributed by atoms with E-state index < -0.39 is 18.1 Å². The molecule has 0 unspecified atom stereocenters. The fraction of sp³-hybridized carbons (Fsp3) is 0. The summed E-state index contributed by atoms with van der Waals surface area (Å²) in [5.41, 5.74) is 6.99. The predicted octanol–water partition coefficient (Wildman–Crippen LogP) is 14.2. The van der Waals surface area contributed by atoms with Gasteiger partial charge in [0.2, 0.25) is 0 Å². The highest BCUT2D eigenvalue weighted by molar-refractivity contribution is 7.25. The number of rotatable bonds is 4. The van der Waals surface area contributed by atoms with Gasteiger partial charge in [0, 0.05) is 53.2 Å². The van der Waals surface area contributed by atoms with Crippen LogP contribution in [0.4, 0.5) is 17.1 Å². The molecule has 5 heteroatoms. The van der Waals surface area contributed by atoms with Crippen LogP contribution in [0, 0.1) is 0 Å². The van der Waals surface area contributed by atoms with Crippen LogP contribution in [0.3, 0.4) is 0 Å². The summed E-state index contributed by atoms with van der Waals surface area (Å²) in [4.78, 5) is 17.1. The lowest BCUT2D eigenvalue weighted by molar-refractivity contribution is 1.08. The third kappa shape index (κ3) is 4.75. The highest BCUT2D eigenvalue weighted by Gasteiger charge is 2.28. The summed E-state index contributed by atoms with van der Waals surface area (Å²) in [6.45, 7) is 0. The Hall–Kier alpha value is -7.21. The van der Waals surface area contributed by atoms with Crippen LogP contribution in [0.25, 0.3) is 97.8 Å². The van der Waals surface area contributed by atoms with E-state index in [-0.39, 0.29) is 23.5 Å². The molecule has 0 atom stereocenters. The van der Waals surface area contributed by atoms with Crippen molar-refractivity contribution in [1.29, 1.82) is 0 Å². The zero-order chi connectivity index (χ0) is 41.1. The van der Waals surface area contributed by atoms with Crippen LogP contribution in [0.1, 0.15) is 6.85 Å². The van der Waals surface area contributed by atoms with Crippen molar-refractivity contribution >= 4 is 80.9 Å². The Bertz CT molecular complexity index is 3660. The van der Waals surface area contributed by atoms with Gasteiger partial charge in [-0.15, -0.1) is 11.3 Å². The first-order valence-electron chi connectivity index (χ1n) is 20.9. The SMILES string of the molecule is [2H]c1c([2H])c([2H])c(-c2nc(-c3ccc4c(N5c6ccc7ccccc7c6-c6cccc7cccc5c67)cccc4c3)nc(-c3ccc4c(c3)sc3ccccc34)n2)c([2H])c1[2H]. The van der Waals surface area contributed by atoms with Crippen LogP contribution in [0.5, 0.6) is 0 Å². The van der Waals surface area contributed by atoms with E-state index in [2.05, 4.69) is 132 Å². The van der Waals surface area contributed by atoms with Gasteiger partial charge >= 0.3 is 0 Å². The number of nitrogens with zero attached hydrogens (tertiary/aromatic N) is 4. The molecule has 56 heavy (non-hydrogen) atoms. The zero-order valence-electron chi connectivity index (χ0n) is 34.6. The number of aromatic nitrogens is 3. The Morgan fingerprint density at radius 2 is 1.07 bits per heavy atom. The molecular formula is C51H30N4S. The van der Waals surface area contributed by atoms with Gasteiger partial charge in [-0.1, -0.05) is 145 Å². The van der Waals surface area contributed by atoms with E-state index in [4.69, 9.17) is 21.8 Å². The van der Waals surface area contributed by atoms with Gasteiger partial charge in [0.15, 0.2) is 17.5 Å². The average Bonchev–Trinajstić information content (AvgIpc) is 3.68. The number of thiophene rings is 1. The summed E-state index contributed by atoms with van der Waals surface area (Å²) in [5, 5.41) is 9.04. The summed E-state index contributed by atoms with van der Waals surface area (Å²) in [6, 6.07) is 50.7. The van der Waals surface area contributed by atoms with Gasteiger partial charge in [-0.3, -0.25) is 0 Å². The molecule has 0 fully saturated rings. The minimum atomic E-state index is -0.474. The van der Waals surface area contributed by atoms with Crippen LogP contribution in [-0.2, 0) is 0 Å². The van der Waals surface area contributed by atoms with Crippen molar-refractivity contribution in [3.05, 3.63) is 182 Å². The van der Waals surface area contributed by atoms with Crippen molar-refractivity contribution in [3.8, 4) is 45.3 Å². The molecule has 0 aliphatic carbocycles. The van der Waals surface area contributed by atoms with E-state index in [0.29, 0.717) is 17.2 Å². The molecule has 260 valence electrons. The Balaban J connectivity index is 1.06. The van der Waals surface area contributed by atoms with E-state index in [1.54, 1.807) is 11.3 Å². The molecule has 0 saturated carbocycles. The molecule has 2 aromatic heterocycles. The second kappa shape index (κ2) is 12.2. The first kappa shape index (κ1) is 26.5. The summed E-state index contributed by atoms with van der Waals surface area (Å²) in [6.07, 6.45) is 0. The Morgan fingerprint density at radius 1 is 0.429 bits per heavy atom. The lowest BCUT2D eigenvalue weighted by atomic mass is 9.87. The number of benzene rings is 9. The zero-order valence-corrected chi connectivity index (χ0v) is 30.4. The molecule has 0 N–H and O–H groups in total. The Morgan fingerprint density at radius 3 is 1.91 bits per heavy atom. The molecule has 1 aliphatic rings. The fourth-order valence-electron chi connectivity index (χ4n) is 8.41. The molecule has 0 saturated heterocycles. The smallest absolute Gasteiger partial charge is 0.164 e. The van der Waals surface area contributed by atoms with Gasteiger partial charge in [-0.05, 0) is 63.5 Å². The third-order valence-corrected chi connectivity index (χ3v) is 12.0. The van der Waals surface area contributed by atoms with Crippen LogP contribution in [0.2, 0.25) is 0 Å². The van der Waals surface area contributed by atoms with Gasteiger partial charge in [-0.25, -0.2) is 15.0 Å². The van der Waals surface area contributed by atoms with Gasteiger partial charge in [0.25, 0.3) is 0 Å². The fourth-order valence-corrected chi connectivity index (χ4v) is 9.55. The van der Waals surface area contributed by atoms with Gasteiger partial charge in [0.1, 0.15) is 0 Å². The second-order valence-electron chi connectivity index (χ2n) is 14.0. The molecule has 9 aromatic carbocycles. The predicted molar refractivity (Wildman–Crippen MR) is 235 cm³/mol. The minimum absolute atomic E-state index is 0.00574. The number of anilines is 3. The summed E-state index contributed by atoms with van der Waals surface area (Å²) < 4.78 is 45.0. The lowest BCUT2D eigenvalue weighted by Gasteiger charge is -2.35. The van der Waals surface area contributed by atoms with Gasteiger partial charge in [0.05, 0.1) is 23.9 Å². The second-order valence-corrected chi connectivity index (χ2v) is 15.1. The number of hydrogen-bond acceptors (Lipinski definition) is 5. The molecule has 12 rings (SSSR count). The average molecular weight is 736 g/mol. The normalized spacial score (nSPS) is 13.5. The van der Waals surface area contributed by atoms with Crippen molar-refractivity contribution in [2.24, 2.45) is 0 Å². The highest BCUT2D eigenvalue weighted by atomic mass is 32.1. The quantitative estimate of drug-likeness (QED) is 0.180. The van der Waals surface area contributed by atoms with Gasteiger partial charge in [-0.2, -0.15) is 0 Å². The summed E-state index contributed by atoms with van der Waals surface area (Å²) in [5.74, 6) is 0.666. The molecule has 4 nitrogen and oxygen atoms in total. The maximum atomic E-state index is 8.83. The van der Waals surface area contributed by atoms with E-state index in [1.165, 1.54) is 42.8 Å². The lowest BCUT2D eigenvalue weighted by Crippen LogP contribution is -2.15. The van der Waals surface area contributed by atoms with Crippen molar-refractivity contribution in [1.82, 2.24) is 15.0 Å². The first-order valence-corrected chi connectivity index (χ1v) is 19.3. The first-order chi connectivity index (χ1) is 29.8. The minimum Gasteiger partial charge on any atom is -0.309 e. The van der Waals surface area contributed by atoms with Crippen LogP contribution < -0.4 is 4.90 Å². The standard InChI is InChI=1S/C51H30N4S/c1-2-12-33(13-3-1)49-52-50(54-51(53-49)36-24-27-40-39-18-6-7-22-45(39)56-46(40)30-36)35-23-26-37-34(29-35)16-10-20-42(37)55-43-21-9-15-32-14-8-19-41(47(32)43)48-38-17-5-4-11-31(38)25-28-44(48)55/h1-30H/i1D,2D,3D,12D,13D. The van der Waals surface area contributed by atoms with Crippen molar-refractivity contribution in [2.75, 3.05) is 4.90 Å². The number of hydrogen-bond donors (Lipinski definition) is 0. The maximum Gasteiger partial charge on any atom is 0.164 e. The summed E-state index contributed by atoms with van der Waals surface area (Å²) in [7, 11) is 0. The monoisotopic (exact) mass is 735 g/mol. The third-order valence-electron chi connectivity index (χ3n) is 10.9. The molecule has 3 heterocycles. The molecule has 11 aromatic rings. The van der Waals surface area contributed by atoms with Crippen LogP contribution in [0.15, 0.2) is 182 Å². The molecule has 0 amide bonds. The number of fused-ring (bicyclic) bond motifs is 8. The van der Waals surface area contributed by atoms with E-state index in [9.17, 15) is 0 Å². The molecule has 0 radical (unpaired) electrons. The molecule has 1 aliphatic heterocycles. The van der Waals surface area contributed by atoms with Gasteiger partial charge < -0.3 is 4.90 Å². The van der Waals surface area contributed by atoms with Crippen molar-refractivity contribution in [3.63, 3.8) is 0 Å². The maximum absolute atomic E-state index is 8.83. The van der Waals surface area contributed by atoms with E-state index in [0.717, 1.165) is 43.5 Å². The van der Waals surface area contributed by atoms with E-state index in [1.807, 2.05) is 24.3 Å². The summed E-state index contributed by atoms with van der Waals surface area (Å²) >= 11 is 1.68. The molecular weight excluding hydrogens is 701 g/mol. The van der Waals surface area contributed by atoms with Crippen molar-refractivity contribution in [2.45, 2.75) is 0 Å². The van der Waals surface area contributed by atoms with E-state index >= 15 is 0 Å². The van der Waals surface area contributed by atoms with Crippen molar-refractivity contribution < 1.29 is 6.85 Å². The largest absolute Gasteiger partial charge is 0.309 e. The van der Waals surface area contributed by atoms with Crippen LogP contribution >= 0.6 is 11.3 Å². The highest BCUT2D eigenvalue weighted by Crippen LogP contribution is 2.54. The Kier molecular flexibility index (Phi) is 5.76. The topological polar surface area (TPSA) is 41.9 Å². The molecule has 0 bridgehead atoms. The van der Waals surface area contributed by atoms with Crippen LogP contribution in [-0.4, -0.2) is 15.0 Å². The molecule has 0 spiro atoms.